The lowest BCUT2D eigenvalue weighted by Gasteiger charge is -2.66. The lowest BCUT2D eigenvalue weighted by Crippen LogP contribution is -2.68. The summed E-state index contributed by atoms with van der Waals surface area (Å²) in [6.07, 6.45) is 3.94. The molecule has 4 rings (SSSR count). The Bertz CT molecular complexity index is 568. The molecule has 136 valence electrons. The fourth-order valence-corrected chi connectivity index (χ4v) is 6.93. The van der Waals surface area contributed by atoms with Gasteiger partial charge >= 0.3 is 0 Å². The molecule has 4 heteroatoms. The van der Waals surface area contributed by atoms with E-state index < -0.39 is 11.5 Å². The second-order valence-corrected chi connectivity index (χ2v) is 10.0. The Morgan fingerprint density at radius 3 is 2.38 bits per heavy atom. The highest BCUT2D eigenvalue weighted by Gasteiger charge is 2.67. The Morgan fingerprint density at radius 2 is 1.75 bits per heavy atom. The first-order valence-corrected chi connectivity index (χ1v) is 9.56. The number of ether oxygens (including phenoxy) is 2. The largest absolute Gasteiger partial charge is 0.393 e. The van der Waals surface area contributed by atoms with Gasteiger partial charge in [0.25, 0.3) is 0 Å². The van der Waals surface area contributed by atoms with Crippen LogP contribution in [0.25, 0.3) is 0 Å². The number of hydrogen-bond donors (Lipinski definition) is 1. The zero-order valence-electron chi connectivity index (χ0n) is 15.7. The molecule has 7 atom stereocenters. The molecule has 2 heterocycles. The van der Waals surface area contributed by atoms with Crippen LogP contribution in [-0.2, 0) is 14.3 Å². The monoisotopic (exact) mass is 336 g/mol. The predicted octanol–water partition coefficient (Wildman–Crippen LogP) is 3.11. The van der Waals surface area contributed by atoms with E-state index in [9.17, 15) is 9.90 Å². The van der Waals surface area contributed by atoms with Gasteiger partial charge in [-0.05, 0) is 44.4 Å². The third kappa shape index (κ3) is 2.12. The number of Topliss-reactive ketones (excluding diaryl/α,β-unsaturated/α-hetero) is 1. The third-order valence-electron chi connectivity index (χ3n) is 8.04. The first-order chi connectivity index (χ1) is 11.0. The van der Waals surface area contributed by atoms with Crippen LogP contribution >= 0.6 is 0 Å². The standard InChI is InChI=1S/C20H32O4/c1-17(2)14(22)7-8-18(3)13-6-9-19(4,15-11-23-15)24-20(13,5)10-12(21)16(17)18/h12-13,15-16,21H,6-11H2,1-5H3/t12-,13-,15+,16-,18+,19-,20+/m1/s1. The predicted molar refractivity (Wildman–Crippen MR) is 90.6 cm³/mol. The van der Waals surface area contributed by atoms with Crippen LogP contribution in [0.1, 0.15) is 66.7 Å². The van der Waals surface area contributed by atoms with Gasteiger partial charge in [0, 0.05) is 24.2 Å². The average molecular weight is 336 g/mol. The number of aliphatic hydroxyl groups excluding tert-OH is 1. The number of hydrogen-bond acceptors (Lipinski definition) is 4. The van der Waals surface area contributed by atoms with Crippen LogP contribution in [0, 0.1) is 22.7 Å². The van der Waals surface area contributed by atoms with E-state index in [0.29, 0.717) is 24.5 Å². The minimum Gasteiger partial charge on any atom is -0.393 e. The first-order valence-electron chi connectivity index (χ1n) is 9.56. The fourth-order valence-electron chi connectivity index (χ4n) is 6.93. The lowest BCUT2D eigenvalue weighted by molar-refractivity contribution is -0.286. The molecule has 0 aromatic rings. The van der Waals surface area contributed by atoms with E-state index in [1.54, 1.807) is 0 Å². The minimum atomic E-state index is -0.488. The minimum absolute atomic E-state index is 0.0226. The van der Waals surface area contributed by atoms with Gasteiger partial charge in [-0.3, -0.25) is 4.79 Å². The second-order valence-electron chi connectivity index (χ2n) is 10.0. The lowest BCUT2D eigenvalue weighted by atomic mass is 9.43. The Hall–Kier alpha value is -0.450. The number of carbonyl (C=O) groups is 1. The van der Waals surface area contributed by atoms with Gasteiger partial charge in [-0.2, -0.15) is 0 Å². The molecule has 0 spiro atoms. The number of ketones is 1. The van der Waals surface area contributed by atoms with Crippen LogP contribution in [0.4, 0.5) is 0 Å². The molecule has 4 fully saturated rings. The highest BCUT2D eigenvalue weighted by atomic mass is 16.6. The molecule has 4 aliphatic rings. The Balaban J connectivity index is 1.71. The van der Waals surface area contributed by atoms with E-state index >= 15 is 0 Å². The summed E-state index contributed by atoms with van der Waals surface area (Å²) in [7, 11) is 0. The zero-order chi connectivity index (χ0) is 17.5. The fraction of sp³-hybridized carbons (Fsp3) is 0.950. The van der Waals surface area contributed by atoms with Crippen molar-refractivity contribution in [1.82, 2.24) is 0 Å². The topological polar surface area (TPSA) is 59.1 Å². The highest BCUT2D eigenvalue weighted by molar-refractivity contribution is 5.85. The van der Waals surface area contributed by atoms with Gasteiger partial charge in [0.2, 0.25) is 0 Å². The number of carbonyl (C=O) groups excluding carboxylic acids is 1. The van der Waals surface area contributed by atoms with E-state index in [1.807, 2.05) is 13.8 Å². The van der Waals surface area contributed by atoms with Crippen LogP contribution in [0.15, 0.2) is 0 Å². The molecule has 1 N–H and O–H groups in total. The van der Waals surface area contributed by atoms with Crippen LogP contribution in [0.5, 0.6) is 0 Å². The summed E-state index contributed by atoms with van der Waals surface area (Å²) in [5.41, 5.74) is -1.06. The highest BCUT2D eigenvalue weighted by Crippen LogP contribution is 2.65. The van der Waals surface area contributed by atoms with Crippen molar-refractivity contribution < 1.29 is 19.4 Å². The van der Waals surface area contributed by atoms with Gasteiger partial charge in [-0.15, -0.1) is 0 Å². The molecule has 4 nitrogen and oxygen atoms in total. The summed E-state index contributed by atoms with van der Waals surface area (Å²) < 4.78 is 12.2. The molecule has 24 heavy (non-hydrogen) atoms. The molecule has 2 aliphatic carbocycles. The Morgan fingerprint density at radius 1 is 1.08 bits per heavy atom. The molecule has 0 aromatic heterocycles. The van der Waals surface area contributed by atoms with Crippen molar-refractivity contribution >= 4 is 5.78 Å². The molecule has 0 unspecified atom stereocenters. The van der Waals surface area contributed by atoms with E-state index in [0.717, 1.165) is 25.9 Å². The van der Waals surface area contributed by atoms with Crippen LogP contribution in [0.3, 0.4) is 0 Å². The van der Waals surface area contributed by atoms with Crippen LogP contribution in [0.2, 0.25) is 0 Å². The van der Waals surface area contributed by atoms with Gasteiger partial charge in [0.15, 0.2) is 0 Å². The molecule has 0 bridgehead atoms. The quantitative estimate of drug-likeness (QED) is 0.748. The summed E-state index contributed by atoms with van der Waals surface area (Å²) in [4.78, 5) is 12.5. The maximum absolute atomic E-state index is 12.5. The SMILES string of the molecule is CC1(C)C(=O)CC[C@]2(C)[C@@H]1[C@H](O)C[C@]1(C)O[C@@](C)([C@@H]3CO3)CC[C@H]21. The third-order valence-corrected chi connectivity index (χ3v) is 8.04. The normalized spacial score (nSPS) is 56.3. The molecule has 0 amide bonds. The van der Waals surface area contributed by atoms with Crippen molar-refractivity contribution in [3.8, 4) is 0 Å². The summed E-state index contributed by atoms with van der Waals surface area (Å²) in [6, 6.07) is 0. The zero-order valence-corrected chi connectivity index (χ0v) is 15.7. The maximum Gasteiger partial charge on any atom is 0.138 e. The van der Waals surface area contributed by atoms with Crippen LogP contribution < -0.4 is 0 Å². The van der Waals surface area contributed by atoms with Crippen molar-refractivity contribution in [1.29, 1.82) is 0 Å². The van der Waals surface area contributed by atoms with Gasteiger partial charge < -0.3 is 14.6 Å². The van der Waals surface area contributed by atoms with Crippen molar-refractivity contribution in [2.45, 2.75) is 90.1 Å². The smallest absolute Gasteiger partial charge is 0.138 e. The molecule has 2 aliphatic heterocycles. The molecular weight excluding hydrogens is 304 g/mol. The Kier molecular flexibility index (Phi) is 3.42. The van der Waals surface area contributed by atoms with Crippen molar-refractivity contribution in [2.75, 3.05) is 6.61 Å². The van der Waals surface area contributed by atoms with Gasteiger partial charge in [0.05, 0.1) is 23.9 Å². The number of epoxide rings is 1. The second kappa shape index (κ2) is 4.83. The van der Waals surface area contributed by atoms with E-state index in [2.05, 4.69) is 20.8 Å². The van der Waals surface area contributed by atoms with Gasteiger partial charge in [-0.25, -0.2) is 0 Å². The Labute approximate surface area is 145 Å². The molecule has 2 saturated carbocycles. The summed E-state index contributed by atoms with van der Waals surface area (Å²) in [6.45, 7) is 11.5. The van der Waals surface area contributed by atoms with E-state index in [4.69, 9.17) is 9.47 Å². The van der Waals surface area contributed by atoms with Crippen LogP contribution in [-0.4, -0.2) is 40.9 Å². The molecular formula is C20H32O4. The summed E-state index contributed by atoms with van der Waals surface area (Å²) in [5, 5.41) is 11.1. The van der Waals surface area contributed by atoms with E-state index in [1.165, 1.54) is 0 Å². The molecule has 0 radical (unpaired) electrons. The maximum atomic E-state index is 12.5. The average Bonchev–Trinajstić information content (AvgIpc) is 3.26. The number of fused-ring (bicyclic) bond motifs is 3. The van der Waals surface area contributed by atoms with Gasteiger partial charge in [-0.1, -0.05) is 20.8 Å². The van der Waals surface area contributed by atoms with Crippen molar-refractivity contribution in [3.63, 3.8) is 0 Å². The number of rotatable bonds is 1. The van der Waals surface area contributed by atoms with Crippen molar-refractivity contribution in [2.24, 2.45) is 22.7 Å². The molecule has 0 aromatic carbocycles. The summed E-state index contributed by atoms with van der Waals surface area (Å²) >= 11 is 0. The number of aliphatic hydroxyl groups is 1. The van der Waals surface area contributed by atoms with Crippen molar-refractivity contribution in [3.05, 3.63) is 0 Å². The first kappa shape index (κ1) is 17.0. The summed E-state index contributed by atoms with van der Waals surface area (Å²) in [5.74, 6) is 0.715. The van der Waals surface area contributed by atoms with E-state index in [-0.39, 0.29) is 28.6 Å². The van der Waals surface area contributed by atoms with Gasteiger partial charge in [0.1, 0.15) is 11.9 Å². The molecule has 2 saturated heterocycles.